The van der Waals surface area contributed by atoms with E-state index in [1.165, 1.54) is 62.2 Å². The summed E-state index contributed by atoms with van der Waals surface area (Å²) in [6.07, 6.45) is 0. The van der Waals surface area contributed by atoms with E-state index in [1.54, 1.807) is 0 Å². The van der Waals surface area contributed by atoms with Gasteiger partial charge < -0.3 is 9.32 Å². The Kier molecular flexibility index (Phi) is 6.03. The summed E-state index contributed by atoms with van der Waals surface area (Å²) in [6, 6.07) is 59.5. The Morgan fingerprint density at radius 1 is 0.400 bits per heavy atom. The lowest BCUT2D eigenvalue weighted by Gasteiger charge is -2.26. The lowest BCUT2D eigenvalue weighted by molar-refractivity contribution is 0.669. The predicted molar refractivity (Wildman–Crippen MR) is 217 cm³/mol. The van der Waals surface area contributed by atoms with E-state index in [0.29, 0.717) is 0 Å². The van der Waals surface area contributed by atoms with Crippen LogP contribution in [0, 0.1) is 0 Å². The van der Waals surface area contributed by atoms with Crippen LogP contribution in [0.4, 0.5) is 17.1 Å². The van der Waals surface area contributed by atoms with Gasteiger partial charge in [-0.25, -0.2) is 0 Å². The van der Waals surface area contributed by atoms with Crippen molar-refractivity contribution in [1.29, 1.82) is 0 Å². The lowest BCUT2D eigenvalue weighted by Crippen LogP contribution is -2.09. The summed E-state index contributed by atoms with van der Waals surface area (Å²) in [5.41, 5.74) is 7.54. The van der Waals surface area contributed by atoms with Crippen molar-refractivity contribution in [3.05, 3.63) is 164 Å². The molecule has 8 aromatic carbocycles. The molecule has 0 saturated heterocycles. The highest BCUT2D eigenvalue weighted by Gasteiger charge is 2.18. The van der Waals surface area contributed by atoms with Gasteiger partial charge in [-0.1, -0.05) is 103 Å². The molecule has 0 bridgehead atoms. The fourth-order valence-electron chi connectivity index (χ4n) is 7.74. The molecule has 0 aliphatic heterocycles. The van der Waals surface area contributed by atoms with Gasteiger partial charge in [0.05, 0.1) is 0 Å². The van der Waals surface area contributed by atoms with Crippen LogP contribution in [-0.4, -0.2) is 0 Å². The maximum absolute atomic E-state index is 6.37. The van der Waals surface area contributed by atoms with Crippen molar-refractivity contribution in [2.24, 2.45) is 0 Å². The maximum atomic E-state index is 6.37. The zero-order chi connectivity index (χ0) is 32.8. The number of rotatable bonds is 4. The van der Waals surface area contributed by atoms with Gasteiger partial charge in [-0.2, -0.15) is 0 Å². The van der Waals surface area contributed by atoms with Gasteiger partial charge in [0, 0.05) is 74.2 Å². The molecule has 11 aromatic rings. The predicted octanol–water partition coefficient (Wildman–Crippen LogP) is 14.6. The molecule has 0 saturated carbocycles. The topological polar surface area (TPSA) is 16.4 Å². The second kappa shape index (κ2) is 10.8. The Bertz CT molecular complexity index is 2990. The number of para-hydroxylation sites is 1. The van der Waals surface area contributed by atoms with Crippen molar-refractivity contribution in [3.63, 3.8) is 0 Å². The Hall–Kier alpha value is -5.94. The summed E-state index contributed by atoms with van der Waals surface area (Å²) in [6.45, 7) is 0. The molecule has 0 fully saturated rings. The van der Waals surface area contributed by atoms with Crippen LogP contribution < -0.4 is 4.90 Å². The third kappa shape index (κ3) is 4.19. The van der Waals surface area contributed by atoms with Crippen molar-refractivity contribution in [3.8, 4) is 11.1 Å². The van der Waals surface area contributed by atoms with E-state index in [1.807, 2.05) is 34.8 Å². The zero-order valence-corrected chi connectivity index (χ0v) is 28.4. The van der Waals surface area contributed by atoms with Gasteiger partial charge in [0.15, 0.2) is 0 Å². The number of furan rings is 1. The molecule has 0 unspecified atom stereocenters. The summed E-state index contributed by atoms with van der Waals surface area (Å²) >= 11 is 3.74. The highest BCUT2D eigenvalue weighted by atomic mass is 32.1. The van der Waals surface area contributed by atoms with Crippen LogP contribution in [0.1, 0.15) is 0 Å². The number of benzene rings is 8. The van der Waals surface area contributed by atoms with Crippen LogP contribution >= 0.6 is 22.7 Å². The molecule has 0 atom stereocenters. The molecule has 0 N–H and O–H groups in total. The Morgan fingerprint density at radius 2 is 1.08 bits per heavy atom. The third-order valence-electron chi connectivity index (χ3n) is 10.1. The molecule has 50 heavy (non-hydrogen) atoms. The fraction of sp³-hybridized carbons (Fsp3) is 0. The minimum absolute atomic E-state index is 0.886. The van der Waals surface area contributed by atoms with Crippen LogP contribution in [0.5, 0.6) is 0 Å². The third-order valence-corrected chi connectivity index (χ3v) is 12.4. The monoisotopic (exact) mass is 673 g/mol. The van der Waals surface area contributed by atoms with E-state index < -0.39 is 0 Å². The quantitative estimate of drug-likeness (QED) is 0.185. The number of nitrogens with zero attached hydrogens (tertiary/aromatic N) is 1. The molecule has 0 spiro atoms. The molecule has 3 aromatic heterocycles. The molecule has 11 rings (SSSR count). The first-order chi connectivity index (χ1) is 24.8. The van der Waals surface area contributed by atoms with E-state index in [9.17, 15) is 0 Å². The van der Waals surface area contributed by atoms with Crippen molar-refractivity contribution in [2.45, 2.75) is 0 Å². The highest BCUT2D eigenvalue weighted by molar-refractivity contribution is 7.26. The molecule has 0 aliphatic carbocycles. The first-order valence-electron chi connectivity index (χ1n) is 16.8. The molecular formula is C46H27NOS2. The van der Waals surface area contributed by atoms with Crippen molar-refractivity contribution < 1.29 is 4.42 Å². The number of hydrogen-bond acceptors (Lipinski definition) is 4. The standard InChI is InChI=1S/C46H27NOS2/c1-2-9-33-28(8-1)18-25-43-45(33)39-13-7-12-34(46(39)50-43)29-16-19-30(20-17-29)47(31-21-23-36-35-10-3-5-14-40(35)48-41(36)26-31)32-22-24-38-37-11-4-6-15-42(37)49-44(38)27-32/h1-27H. The van der Waals surface area contributed by atoms with Crippen molar-refractivity contribution >= 4 is 113 Å². The van der Waals surface area contributed by atoms with E-state index >= 15 is 0 Å². The van der Waals surface area contributed by atoms with E-state index in [-0.39, 0.29) is 0 Å². The lowest BCUT2D eigenvalue weighted by atomic mass is 9.99. The smallest absolute Gasteiger partial charge is 0.137 e. The summed E-state index contributed by atoms with van der Waals surface area (Å²) in [5, 5.41) is 10.1. The fourth-order valence-corrected chi connectivity index (χ4v) is 10.1. The maximum Gasteiger partial charge on any atom is 0.137 e. The average Bonchev–Trinajstić information content (AvgIpc) is 3.86. The van der Waals surface area contributed by atoms with Crippen LogP contribution in [0.3, 0.4) is 0 Å². The summed E-state index contributed by atoms with van der Waals surface area (Å²) in [7, 11) is 0. The molecule has 3 heterocycles. The number of hydrogen-bond donors (Lipinski definition) is 0. The van der Waals surface area contributed by atoms with Crippen LogP contribution in [-0.2, 0) is 0 Å². The normalized spacial score (nSPS) is 12.0. The average molecular weight is 674 g/mol. The molecule has 0 radical (unpaired) electrons. The van der Waals surface area contributed by atoms with Gasteiger partial charge in [0.2, 0.25) is 0 Å². The molecule has 4 heteroatoms. The Labute approximate surface area is 295 Å². The first kappa shape index (κ1) is 28.0. The second-order valence-electron chi connectivity index (χ2n) is 12.9. The Balaban J connectivity index is 1.07. The molecular weight excluding hydrogens is 647 g/mol. The van der Waals surface area contributed by atoms with Gasteiger partial charge in [-0.15, -0.1) is 22.7 Å². The molecule has 234 valence electrons. The van der Waals surface area contributed by atoms with Gasteiger partial charge >= 0.3 is 0 Å². The largest absolute Gasteiger partial charge is 0.456 e. The first-order valence-corrected chi connectivity index (χ1v) is 18.5. The molecule has 2 nitrogen and oxygen atoms in total. The minimum Gasteiger partial charge on any atom is -0.456 e. The van der Waals surface area contributed by atoms with Crippen molar-refractivity contribution in [2.75, 3.05) is 4.90 Å². The zero-order valence-electron chi connectivity index (χ0n) is 26.8. The van der Waals surface area contributed by atoms with E-state index in [4.69, 9.17) is 4.42 Å². The van der Waals surface area contributed by atoms with Gasteiger partial charge in [-0.05, 0) is 76.5 Å². The van der Waals surface area contributed by atoms with Gasteiger partial charge in [-0.3, -0.25) is 0 Å². The Morgan fingerprint density at radius 3 is 1.98 bits per heavy atom. The SMILES string of the molecule is c1ccc2c(c1)ccc1sc3c(-c4ccc(N(c5ccc6c(c5)oc5ccccc56)c5ccc6c(c5)sc5ccccc56)cc4)cccc3c12. The number of anilines is 3. The molecule has 0 aliphatic rings. The second-order valence-corrected chi connectivity index (χ2v) is 15.0. The van der Waals surface area contributed by atoms with Gasteiger partial charge in [0.25, 0.3) is 0 Å². The van der Waals surface area contributed by atoms with Crippen LogP contribution in [0.25, 0.3) is 84.2 Å². The number of thiophene rings is 2. The minimum atomic E-state index is 0.886. The molecule has 0 amide bonds. The highest BCUT2D eigenvalue weighted by Crippen LogP contribution is 2.45. The van der Waals surface area contributed by atoms with Crippen molar-refractivity contribution in [1.82, 2.24) is 0 Å². The van der Waals surface area contributed by atoms with Crippen LogP contribution in [0.2, 0.25) is 0 Å². The summed E-state index contributed by atoms with van der Waals surface area (Å²) in [5.74, 6) is 0. The number of fused-ring (bicyclic) bond motifs is 11. The van der Waals surface area contributed by atoms with Gasteiger partial charge in [0.1, 0.15) is 11.2 Å². The summed E-state index contributed by atoms with van der Waals surface area (Å²) in [4.78, 5) is 2.35. The van der Waals surface area contributed by atoms with E-state index in [2.05, 4.69) is 157 Å². The van der Waals surface area contributed by atoms with E-state index in [0.717, 1.165) is 39.0 Å². The van der Waals surface area contributed by atoms with Crippen LogP contribution in [0.15, 0.2) is 168 Å². The summed E-state index contributed by atoms with van der Waals surface area (Å²) < 4.78 is 11.6.